The summed E-state index contributed by atoms with van der Waals surface area (Å²) in [5, 5.41) is 3.22. The van der Waals surface area contributed by atoms with E-state index in [1.54, 1.807) is 6.07 Å². The predicted molar refractivity (Wildman–Crippen MR) is 80.5 cm³/mol. The molecule has 1 aliphatic heterocycles. The van der Waals surface area contributed by atoms with Crippen molar-refractivity contribution in [2.45, 2.75) is 38.8 Å². The summed E-state index contributed by atoms with van der Waals surface area (Å²) in [6.45, 7) is 4.29. The topological polar surface area (TPSA) is 47.6 Å². The van der Waals surface area contributed by atoms with E-state index in [1.807, 2.05) is 13.0 Å². The predicted octanol–water partition coefficient (Wildman–Crippen LogP) is 1.95. The van der Waals surface area contributed by atoms with Crippen molar-refractivity contribution in [3.05, 3.63) is 35.1 Å². The molecule has 0 amide bonds. The summed E-state index contributed by atoms with van der Waals surface area (Å²) >= 11 is 0. The zero-order chi connectivity index (χ0) is 15.9. The molecule has 118 valence electrons. The Morgan fingerprint density at radius 3 is 3.00 bits per heavy atom. The lowest BCUT2D eigenvalue weighted by Crippen LogP contribution is -2.45. The summed E-state index contributed by atoms with van der Waals surface area (Å²) in [6, 6.07) is 4.98. The van der Waals surface area contributed by atoms with Crippen molar-refractivity contribution in [3.8, 4) is 12.0 Å². The van der Waals surface area contributed by atoms with Crippen molar-refractivity contribution in [1.82, 2.24) is 5.32 Å². The first-order valence-electron chi connectivity index (χ1n) is 7.33. The molecule has 1 aromatic rings. The van der Waals surface area contributed by atoms with Gasteiger partial charge in [0.25, 0.3) is 0 Å². The summed E-state index contributed by atoms with van der Waals surface area (Å²) in [4.78, 5) is 10.6. The first kappa shape index (κ1) is 16.5. The molecule has 1 fully saturated rings. The van der Waals surface area contributed by atoms with Crippen LogP contribution in [0.1, 0.15) is 24.5 Å². The van der Waals surface area contributed by atoms with Crippen molar-refractivity contribution in [3.63, 3.8) is 0 Å². The van der Waals surface area contributed by atoms with Crippen LogP contribution in [0.2, 0.25) is 0 Å². The Hall–Kier alpha value is -1.90. The Kier molecular flexibility index (Phi) is 5.93. The molecule has 0 aliphatic carbocycles. The van der Waals surface area contributed by atoms with Gasteiger partial charge in [-0.2, -0.15) is 0 Å². The van der Waals surface area contributed by atoms with Gasteiger partial charge in [-0.3, -0.25) is 10.1 Å². The number of hydrogen-bond acceptors (Lipinski definition) is 4. The van der Waals surface area contributed by atoms with Gasteiger partial charge in [-0.25, -0.2) is 4.39 Å². The molecule has 1 aliphatic rings. The molecule has 0 spiro atoms. The van der Waals surface area contributed by atoms with Gasteiger partial charge in [0.05, 0.1) is 18.8 Å². The monoisotopic (exact) mass is 305 g/mol. The van der Waals surface area contributed by atoms with Crippen LogP contribution in [0.25, 0.3) is 0 Å². The highest BCUT2D eigenvalue weighted by atomic mass is 19.1. The second-order valence-corrected chi connectivity index (χ2v) is 5.33. The van der Waals surface area contributed by atoms with E-state index in [0.717, 1.165) is 17.5 Å². The molecule has 22 heavy (non-hydrogen) atoms. The molecule has 1 aromatic carbocycles. The van der Waals surface area contributed by atoms with Crippen molar-refractivity contribution in [2.75, 3.05) is 13.2 Å². The fourth-order valence-corrected chi connectivity index (χ4v) is 2.36. The van der Waals surface area contributed by atoms with Gasteiger partial charge in [0.15, 0.2) is 0 Å². The summed E-state index contributed by atoms with van der Waals surface area (Å²) < 4.78 is 24.0. The van der Waals surface area contributed by atoms with Crippen molar-refractivity contribution in [1.29, 1.82) is 0 Å². The lowest BCUT2D eigenvalue weighted by Gasteiger charge is -2.27. The van der Waals surface area contributed by atoms with Gasteiger partial charge < -0.3 is 9.47 Å². The third kappa shape index (κ3) is 4.83. The van der Waals surface area contributed by atoms with Crippen molar-refractivity contribution >= 4 is 5.97 Å². The Labute approximate surface area is 130 Å². The van der Waals surface area contributed by atoms with E-state index in [2.05, 4.69) is 22.1 Å². The molecule has 1 N–H and O–H groups in total. The van der Waals surface area contributed by atoms with E-state index in [1.165, 1.54) is 13.0 Å². The maximum atomic E-state index is 13.8. The normalized spacial score (nSPS) is 20.9. The summed E-state index contributed by atoms with van der Waals surface area (Å²) in [7, 11) is 0. The molecule has 1 heterocycles. The summed E-state index contributed by atoms with van der Waals surface area (Å²) in [5.74, 6) is 2.19. The van der Waals surface area contributed by atoms with Gasteiger partial charge in [0.2, 0.25) is 0 Å². The lowest BCUT2D eigenvalue weighted by atomic mass is 10.0. The number of rotatable bonds is 3. The number of morpholine rings is 1. The lowest BCUT2D eigenvalue weighted by molar-refractivity contribution is -0.134. The van der Waals surface area contributed by atoms with E-state index in [9.17, 15) is 9.18 Å². The molecule has 1 saturated heterocycles. The highest BCUT2D eigenvalue weighted by Crippen LogP contribution is 2.17. The first-order valence-corrected chi connectivity index (χ1v) is 7.33. The van der Waals surface area contributed by atoms with E-state index >= 15 is 0 Å². The molecule has 2 atom stereocenters. The second-order valence-electron chi connectivity index (χ2n) is 5.33. The number of carbonyl (C=O) groups is 1. The van der Waals surface area contributed by atoms with Gasteiger partial charge in [-0.05, 0) is 42.9 Å². The van der Waals surface area contributed by atoms with Crippen LogP contribution >= 0.6 is 0 Å². The SMILES string of the molecule is CC(=O)OC#CC1COC(CCc2c(C)cccc2F)CN1. The Balaban J connectivity index is 1.78. The third-order valence-corrected chi connectivity index (χ3v) is 3.59. The van der Waals surface area contributed by atoms with E-state index in [4.69, 9.17) is 4.74 Å². The number of nitrogens with one attached hydrogen (secondary N) is 1. The zero-order valence-corrected chi connectivity index (χ0v) is 12.8. The summed E-state index contributed by atoms with van der Waals surface area (Å²) in [6.07, 6.45) is 3.78. The smallest absolute Gasteiger partial charge is 0.316 e. The van der Waals surface area contributed by atoms with Crippen LogP contribution in [-0.4, -0.2) is 31.3 Å². The summed E-state index contributed by atoms with van der Waals surface area (Å²) in [5.41, 5.74) is 1.72. The van der Waals surface area contributed by atoms with Crippen LogP contribution in [0.5, 0.6) is 0 Å². The second kappa shape index (κ2) is 7.92. The van der Waals surface area contributed by atoms with Crippen molar-refractivity contribution < 1.29 is 18.7 Å². The maximum absolute atomic E-state index is 13.8. The number of carbonyl (C=O) groups excluding carboxylic acids is 1. The van der Waals surface area contributed by atoms with Crippen LogP contribution in [0, 0.1) is 24.8 Å². The number of esters is 1. The molecule has 4 nitrogen and oxygen atoms in total. The first-order chi connectivity index (χ1) is 10.6. The van der Waals surface area contributed by atoms with Gasteiger partial charge in [-0.1, -0.05) is 12.1 Å². The van der Waals surface area contributed by atoms with Crippen LogP contribution in [0.3, 0.4) is 0 Å². The minimum absolute atomic E-state index is 0.0331. The van der Waals surface area contributed by atoms with Crippen LogP contribution in [-0.2, 0) is 20.7 Å². The number of hydrogen-bond donors (Lipinski definition) is 1. The standard InChI is InChI=1S/C17H20FNO3/c1-12-4-3-5-17(18)16(12)7-6-15-10-19-14(11-22-15)8-9-21-13(2)20/h3-5,14-15,19H,6-7,10-11H2,1-2H3. The molecule has 0 saturated carbocycles. The Morgan fingerprint density at radius 1 is 1.55 bits per heavy atom. The molecule has 0 radical (unpaired) electrons. The van der Waals surface area contributed by atoms with Gasteiger partial charge in [-0.15, -0.1) is 0 Å². The van der Waals surface area contributed by atoms with E-state index in [0.29, 0.717) is 19.6 Å². The van der Waals surface area contributed by atoms with Gasteiger partial charge >= 0.3 is 5.97 Å². The van der Waals surface area contributed by atoms with Crippen LogP contribution < -0.4 is 5.32 Å². The molecule has 0 bridgehead atoms. The van der Waals surface area contributed by atoms with Gasteiger partial charge in [0.1, 0.15) is 11.9 Å². The third-order valence-electron chi connectivity index (χ3n) is 3.59. The largest absolute Gasteiger partial charge is 0.374 e. The number of halogens is 1. The average Bonchev–Trinajstić information content (AvgIpc) is 2.48. The van der Waals surface area contributed by atoms with E-state index in [-0.39, 0.29) is 18.0 Å². The number of ether oxygens (including phenoxy) is 2. The van der Waals surface area contributed by atoms with Crippen LogP contribution in [0.4, 0.5) is 4.39 Å². The van der Waals surface area contributed by atoms with Gasteiger partial charge in [0, 0.05) is 13.5 Å². The highest BCUT2D eigenvalue weighted by molar-refractivity contribution is 5.67. The quantitative estimate of drug-likeness (QED) is 0.685. The van der Waals surface area contributed by atoms with Crippen LogP contribution in [0.15, 0.2) is 18.2 Å². The molecule has 5 heteroatoms. The molecular formula is C17H20FNO3. The molecule has 0 aromatic heterocycles. The highest BCUT2D eigenvalue weighted by Gasteiger charge is 2.20. The minimum atomic E-state index is -0.428. The minimum Gasteiger partial charge on any atom is -0.374 e. The zero-order valence-electron chi connectivity index (χ0n) is 12.8. The Bertz CT molecular complexity index is 563. The Morgan fingerprint density at radius 2 is 2.36 bits per heavy atom. The van der Waals surface area contributed by atoms with E-state index < -0.39 is 5.97 Å². The fourth-order valence-electron chi connectivity index (χ4n) is 2.36. The molecule has 2 rings (SSSR count). The maximum Gasteiger partial charge on any atom is 0.316 e. The molecular weight excluding hydrogens is 285 g/mol. The molecule has 2 unspecified atom stereocenters. The average molecular weight is 305 g/mol. The fraction of sp³-hybridized carbons (Fsp3) is 0.471. The number of aryl methyl sites for hydroxylation is 1. The number of benzene rings is 1. The van der Waals surface area contributed by atoms with Crippen molar-refractivity contribution in [2.24, 2.45) is 0 Å².